The van der Waals surface area contributed by atoms with Crippen LogP contribution in [-0.4, -0.2) is 73.4 Å². The summed E-state index contributed by atoms with van der Waals surface area (Å²) >= 11 is 0. The molecule has 0 aliphatic carbocycles. The lowest BCUT2D eigenvalue weighted by molar-refractivity contribution is -0.870. The molecule has 9 heteroatoms. The minimum Gasteiger partial charge on any atom is -0.387 e. The quantitative estimate of drug-likeness (QED) is 0.0244. The van der Waals surface area contributed by atoms with E-state index in [-0.39, 0.29) is 19.1 Å². The molecule has 8 nitrogen and oxygen atoms in total. The van der Waals surface area contributed by atoms with E-state index in [0.29, 0.717) is 17.4 Å². The summed E-state index contributed by atoms with van der Waals surface area (Å²) in [6, 6.07) is -0.840. The summed E-state index contributed by atoms with van der Waals surface area (Å²) in [5.74, 6) is -0.172. The van der Waals surface area contributed by atoms with E-state index >= 15 is 0 Å². The summed E-state index contributed by atoms with van der Waals surface area (Å²) in [5, 5.41) is 13.9. The van der Waals surface area contributed by atoms with Crippen molar-refractivity contribution in [3.8, 4) is 0 Å². The first-order valence-corrected chi connectivity index (χ1v) is 27.1. The Morgan fingerprint density at radius 3 is 1.25 bits per heavy atom. The standard InChI is InChI=1S/C50H101N2O6P/c1-6-8-10-12-14-16-18-20-22-24-26-28-30-32-34-36-38-40-42-44-50(54)51-48(47-58-59(55,56)57-46-45-52(3,4)5)49(53)43-41-39-37-35-33-31-29-27-25-23-21-19-17-15-13-11-9-7-2/h41,43,48-49,53H,6-40,42,44-47H2,1-5H3,(H-,51,54,55,56)/p+1/b43-41+. The molecule has 0 aromatic heterocycles. The molecule has 352 valence electrons. The van der Waals surface area contributed by atoms with Crippen molar-refractivity contribution < 1.29 is 32.9 Å². The van der Waals surface area contributed by atoms with Crippen molar-refractivity contribution in [3.05, 3.63) is 12.2 Å². The van der Waals surface area contributed by atoms with Crippen LogP contribution >= 0.6 is 7.82 Å². The number of hydrogen-bond donors (Lipinski definition) is 3. The number of unbranched alkanes of at least 4 members (excludes halogenated alkanes) is 34. The second-order valence-electron chi connectivity index (χ2n) is 18.9. The Morgan fingerprint density at radius 1 is 0.559 bits per heavy atom. The van der Waals surface area contributed by atoms with Gasteiger partial charge in [0.25, 0.3) is 0 Å². The first-order valence-electron chi connectivity index (χ1n) is 25.6. The number of amides is 1. The molecule has 3 unspecified atom stereocenters. The van der Waals surface area contributed by atoms with Gasteiger partial charge in [-0.1, -0.05) is 238 Å². The van der Waals surface area contributed by atoms with Crippen molar-refractivity contribution in [1.82, 2.24) is 5.32 Å². The van der Waals surface area contributed by atoms with Gasteiger partial charge in [-0.05, 0) is 19.3 Å². The summed E-state index contributed by atoms with van der Waals surface area (Å²) in [7, 11) is 1.59. The van der Waals surface area contributed by atoms with Crippen molar-refractivity contribution in [2.75, 3.05) is 40.9 Å². The maximum Gasteiger partial charge on any atom is 0.472 e. The summed E-state index contributed by atoms with van der Waals surface area (Å²) in [6.45, 7) is 4.85. The molecule has 59 heavy (non-hydrogen) atoms. The highest BCUT2D eigenvalue weighted by molar-refractivity contribution is 7.47. The Hall–Kier alpha value is -0.760. The lowest BCUT2D eigenvalue weighted by atomic mass is 10.0. The van der Waals surface area contributed by atoms with Crippen molar-refractivity contribution in [3.63, 3.8) is 0 Å². The number of allylic oxidation sites excluding steroid dienone is 1. The van der Waals surface area contributed by atoms with Gasteiger partial charge in [-0.25, -0.2) is 4.57 Å². The molecule has 0 saturated heterocycles. The number of nitrogens with one attached hydrogen (secondary N) is 1. The van der Waals surface area contributed by atoms with Crippen LogP contribution in [0.4, 0.5) is 0 Å². The summed E-state index contributed by atoms with van der Waals surface area (Å²) in [6.07, 6.45) is 50.0. The molecule has 0 bridgehead atoms. The first-order chi connectivity index (χ1) is 28.5. The average Bonchev–Trinajstić information content (AvgIpc) is 3.19. The van der Waals surface area contributed by atoms with Crippen LogP contribution in [0.25, 0.3) is 0 Å². The molecule has 0 aliphatic heterocycles. The number of likely N-dealkylation sites (N-methyl/N-ethyl adjacent to an activating group) is 1. The second kappa shape index (κ2) is 42.5. The van der Waals surface area contributed by atoms with Crippen LogP contribution < -0.4 is 5.32 Å². The molecule has 0 aromatic carbocycles. The molecule has 0 spiro atoms. The molecule has 3 atom stereocenters. The second-order valence-corrected chi connectivity index (χ2v) is 20.4. The van der Waals surface area contributed by atoms with Gasteiger partial charge < -0.3 is 19.8 Å². The Kier molecular flexibility index (Phi) is 42.0. The maximum absolute atomic E-state index is 12.9. The third kappa shape index (κ3) is 45.1. The normalized spacial score (nSPS) is 14.2. The van der Waals surface area contributed by atoms with E-state index in [2.05, 4.69) is 19.2 Å². The van der Waals surface area contributed by atoms with E-state index in [1.807, 2.05) is 27.2 Å². The van der Waals surface area contributed by atoms with Crippen LogP contribution in [0.5, 0.6) is 0 Å². The van der Waals surface area contributed by atoms with Crippen LogP contribution in [0.15, 0.2) is 12.2 Å². The van der Waals surface area contributed by atoms with Crippen LogP contribution in [0, 0.1) is 0 Å². The molecule has 0 heterocycles. The zero-order valence-corrected chi connectivity index (χ0v) is 40.9. The van der Waals surface area contributed by atoms with Gasteiger partial charge in [0.15, 0.2) is 0 Å². The molecule has 0 radical (unpaired) electrons. The minimum atomic E-state index is -4.34. The lowest BCUT2D eigenvalue weighted by Gasteiger charge is -2.25. The number of rotatable bonds is 47. The lowest BCUT2D eigenvalue weighted by Crippen LogP contribution is -2.45. The van der Waals surface area contributed by atoms with Crippen LogP contribution in [0.3, 0.4) is 0 Å². The van der Waals surface area contributed by atoms with Crippen LogP contribution in [0.2, 0.25) is 0 Å². The van der Waals surface area contributed by atoms with E-state index in [4.69, 9.17) is 9.05 Å². The van der Waals surface area contributed by atoms with Gasteiger partial charge in [0.1, 0.15) is 13.2 Å². The van der Waals surface area contributed by atoms with Gasteiger partial charge in [0, 0.05) is 6.42 Å². The topological polar surface area (TPSA) is 105 Å². The fourth-order valence-electron chi connectivity index (χ4n) is 7.69. The van der Waals surface area contributed by atoms with E-state index < -0.39 is 20.0 Å². The number of aliphatic hydroxyl groups excluding tert-OH is 1. The first kappa shape index (κ1) is 58.2. The van der Waals surface area contributed by atoms with Crippen molar-refractivity contribution in [1.29, 1.82) is 0 Å². The number of quaternary nitrogens is 1. The highest BCUT2D eigenvalue weighted by Gasteiger charge is 2.27. The Bertz CT molecular complexity index is 974. The Labute approximate surface area is 367 Å². The van der Waals surface area contributed by atoms with Gasteiger partial charge in [-0.2, -0.15) is 0 Å². The molecule has 0 aromatic rings. The molecular formula is C50H102N2O6P+. The molecule has 1 amide bonds. The predicted octanol–water partition coefficient (Wildman–Crippen LogP) is 14.7. The Balaban J connectivity index is 4.29. The van der Waals surface area contributed by atoms with E-state index in [1.54, 1.807) is 6.08 Å². The van der Waals surface area contributed by atoms with Gasteiger partial charge in [-0.3, -0.25) is 13.8 Å². The minimum absolute atomic E-state index is 0.0649. The third-order valence-corrected chi connectivity index (χ3v) is 12.7. The smallest absolute Gasteiger partial charge is 0.387 e. The molecule has 0 saturated carbocycles. The van der Waals surface area contributed by atoms with Gasteiger partial charge in [0.05, 0.1) is 39.9 Å². The summed E-state index contributed by atoms with van der Waals surface area (Å²) < 4.78 is 23.6. The molecular weight excluding hydrogens is 756 g/mol. The van der Waals surface area contributed by atoms with Gasteiger partial charge in [-0.15, -0.1) is 0 Å². The maximum atomic E-state index is 12.9. The largest absolute Gasteiger partial charge is 0.472 e. The zero-order chi connectivity index (χ0) is 43.6. The molecule has 0 aliphatic rings. The fraction of sp³-hybridized carbons (Fsp3) is 0.940. The number of hydrogen-bond acceptors (Lipinski definition) is 5. The number of nitrogens with zero attached hydrogens (tertiary/aromatic N) is 1. The Morgan fingerprint density at radius 2 is 0.898 bits per heavy atom. The van der Waals surface area contributed by atoms with Crippen molar-refractivity contribution in [2.45, 2.75) is 264 Å². The summed E-state index contributed by atoms with van der Waals surface area (Å²) in [4.78, 5) is 23.2. The molecule has 3 N–H and O–H groups in total. The number of phosphoric ester groups is 1. The highest BCUT2D eigenvalue weighted by atomic mass is 31.2. The van der Waals surface area contributed by atoms with E-state index in [1.165, 1.54) is 199 Å². The number of carbonyl (C=O) groups is 1. The average molecular weight is 858 g/mol. The van der Waals surface area contributed by atoms with E-state index in [0.717, 1.165) is 32.1 Å². The third-order valence-electron chi connectivity index (χ3n) is 11.8. The fourth-order valence-corrected chi connectivity index (χ4v) is 8.43. The van der Waals surface area contributed by atoms with Crippen LogP contribution in [-0.2, 0) is 18.4 Å². The highest BCUT2D eigenvalue weighted by Crippen LogP contribution is 2.43. The number of aliphatic hydroxyl groups is 1. The monoisotopic (exact) mass is 858 g/mol. The van der Waals surface area contributed by atoms with Crippen molar-refractivity contribution >= 4 is 13.7 Å². The number of carbonyl (C=O) groups excluding carboxylic acids is 1. The predicted molar refractivity (Wildman–Crippen MR) is 254 cm³/mol. The zero-order valence-electron chi connectivity index (χ0n) is 40.0. The van der Waals surface area contributed by atoms with Crippen LogP contribution in [0.1, 0.15) is 251 Å². The number of phosphoric acid groups is 1. The van der Waals surface area contributed by atoms with Gasteiger partial charge in [0.2, 0.25) is 5.91 Å². The van der Waals surface area contributed by atoms with E-state index in [9.17, 15) is 19.4 Å². The SMILES string of the molecule is CCCCCCCCCCCCCCCCCC/C=C/C(O)C(COP(=O)(O)OCC[N+](C)(C)C)NC(=O)CCCCCCCCCCCCCCCCCCCCC. The summed E-state index contributed by atoms with van der Waals surface area (Å²) in [5.41, 5.74) is 0. The molecule has 0 fully saturated rings. The molecule has 0 rings (SSSR count). The van der Waals surface area contributed by atoms with Gasteiger partial charge >= 0.3 is 7.82 Å². The van der Waals surface area contributed by atoms with Crippen molar-refractivity contribution in [2.24, 2.45) is 0 Å².